The van der Waals surface area contributed by atoms with Crippen LogP contribution < -0.4 is 5.32 Å². The molecule has 0 spiro atoms. The smallest absolute Gasteiger partial charge is 0.237 e. The number of fused-ring (bicyclic) bond motifs is 1. The van der Waals surface area contributed by atoms with Crippen LogP contribution in [0.2, 0.25) is 0 Å². The molecule has 0 aromatic carbocycles. The molecular weight excluding hydrogens is 336 g/mol. The number of hydrogen-bond donors (Lipinski definition) is 1. The van der Waals surface area contributed by atoms with E-state index < -0.39 is 0 Å². The first kappa shape index (κ1) is 19.4. The minimum Gasteiger partial charge on any atom is -0.338 e. The van der Waals surface area contributed by atoms with Gasteiger partial charge in [0.15, 0.2) is 0 Å². The first-order chi connectivity index (χ1) is 11.8. The molecular formula is C19H35ClN4O. The average molecular weight is 371 g/mol. The number of carbonyl (C=O) groups is 1. The molecule has 144 valence electrons. The van der Waals surface area contributed by atoms with Crippen molar-refractivity contribution in [1.82, 2.24) is 20.0 Å². The summed E-state index contributed by atoms with van der Waals surface area (Å²) in [4.78, 5) is 20.2. The predicted octanol–water partition coefficient (Wildman–Crippen LogP) is 1.57. The molecule has 3 aliphatic heterocycles. The van der Waals surface area contributed by atoms with Gasteiger partial charge in [-0.25, -0.2) is 0 Å². The summed E-state index contributed by atoms with van der Waals surface area (Å²) in [5, 5.41) is 3.47. The van der Waals surface area contributed by atoms with Crippen molar-refractivity contribution in [1.29, 1.82) is 0 Å². The van der Waals surface area contributed by atoms with E-state index in [-0.39, 0.29) is 12.4 Å². The van der Waals surface area contributed by atoms with E-state index >= 15 is 0 Å². The monoisotopic (exact) mass is 370 g/mol. The van der Waals surface area contributed by atoms with Gasteiger partial charge in [0.1, 0.15) is 0 Å². The highest BCUT2D eigenvalue weighted by molar-refractivity contribution is 5.85. The molecule has 1 aliphatic carbocycles. The van der Waals surface area contributed by atoms with Crippen LogP contribution in [0.25, 0.3) is 0 Å². The average Bonchev–Trinajstić information content (AvgIpc) is 3.16. The summed E-state index contributed by atoms with van der Waals surface area (Å²) in [5.41, 5.74) is 0. The fourth-order valence-corrected chi connectivity index (χ4v) is 5.45. The minimum atomic E-state index is 0. The van der Waals surface area contributed by atoms with Crippen LogP contribution in [-0.4, -0.2) is 85.0 Å². The Bertz CT molecular complexity index is 433. The Balaban J connectivity index is 0.00000182. The number of amides is 1. The van der Waals surface area contributed by atoms with Crippen molar-refractivity contribution >= 4 is 18.3 Å². The molecule has 0 aromatic heterocycles. The zero-order chi connectivity index (χ0) is 16.4. The molecule has 4 rings (SSSR count). The van der Waals surface area contributed by atoms with Crippen LogP contribution in [0.5, 0.6) is 0 Å². The van der Waals surface area contributed by atoms with E-state index in [1.807, 2.05) is 0 Å². The molecule has 25 heavy (non-hydrogen) atoms. The highest BCUT2D eigenvalue weighted by atomic mass is 35.5. The number of piperidine rings is 1. The van der Waals surface area contributed by atoms with Gasteiger partial charge in [0.05, 0.1) is 6.54 Å². The third-order valence-electron chi connectivity index (χ3n) is 6.88. The number of carbonyl (C=O) groups excluding carboxylic acids is 1. The number of halogens is 1. The lowest BCUT2D eigenvalue weighted by molar-refractivity contribution is -0.139. The van der Waals surface area contributed by atoms with Gasteiger partial charge in [0.2, 0.25) is 5.91 Å². The van der Waals surface area contributed by atoms with E-state index in [9.17, 15) is 4.79 Å². The summed E-state index contributed by atoms with van der Waals surface area (Å²) in [7, 11) is 0. The number of rotatable bonds is 3. The van der Waals surface area contributed by atoms with Gasteiger partial charge < -0.3 is 10.2 Å². The molecule has 3 atom stereocenters. The second-order valence-electron chi connectivity index (χ2n) is 8.30. The Hall–Kier alpha value is -0.360. The van der Waals surface area contributed by atoms with Gasteiger partial charge in [-0.2, -0.15) is 0 Å². The molecule has 5 nitrogen and oxygen atoms in total. The Morgan fingerprint density at radius 2 is 1.68 bits per heavy atom. The van der Waals surface area contributed by atoms with Gasteiger partial charge in [-0.05, 0) is 44.6 Å². The lowest BCUT2D eigenvalue weighted by atomic mass is 9.78. The van der Waals surface area contributed by atoms with E-state index in [4.69, 9.17) is 0 Å². The summed E-state index contributed by atoms with van der Waals surface area (Å²) in [6.45, 7) is 8.36. The Morgan fingerprint density at radius 1 is 0.920 bits per heavy atom. The van der Waals surface area contributed by atoms with E-state index in [1.54, 1.807) is 0 Å². The van der Waals surface area contributed by atoms with Crippen molar-refractivity contribution in [3.8, 4) is 0 Å². The van der Waals surface area contributed by atoms with Gasteiger partial charge in [-0.15, -0.1) is 12.4 Å². The van der Waals surface area contributed by atoms with Gasteiger partial charge in [0.25, 0.3) is 0 Å². The first-order valence-corrected chi connectivity index (χ1v) is 10.3. The van der Waals surface area contributed by atoms with Crippen LogP contribution in [0.4, 0.5) is 0 Å². The summed E-state index contributed by atoms with van der Waals surface area (Å²) >= 11 is 0. The van der Waals surface area contributed by atoms with E-state index in [1.165, 1.54) is 51.5 Å². The minimum absolute atomic E-state index is 0. The predicted molar refractivity (Wildman–Crippen MR) is 103 cm³/mol. The Labute approximate surface area is 158 Å². The summed E-state index contributed by atoms with van der Waals surface area (Å²) in [6.07, 6.45) is 9.15. The van der Waals surface area contributed by atoms with Crippen molar-refractivity contribution in [3.05, 3.63) is 0 Å². The van der Waals surface area contributed by atoms with Crippen LogP contribution >= 0.6 is 12.4 Å². The second kappa shape index (κ2) is 9.03. The largest absolute Gasteiger partial charge is 0.338 e. The quantitative estimate of drug-likeness (QED) is 0.818. The van der Waals surface area contributed by atoms with E-state index in [2.05, 4.69) is 20.0 Å². The summed E-state index contributed by atoms with van der Waals surface area (Å²) in [5.74, 6) is 1.20. The molecule has 6 heteroatoms. The summed E-state index contributed by atoms with van der Waals surface area (Å²) in [6, 6.07) is 1.29. The fourth-order valence-electron chi connectivity index (χ4n) is 5.45. The third-order valence-corrected chi connectivity index (χ3v) is 6.88. The van der Waals surface area contributed by atoms with Crippen LogP contribution in [0, 0.1) is 5.92 Å². The molecule has 0 bridgehead atoms. The highest BCUT2D eigenvalue weighted by Gasteiger charge is 2.36. The van der Waals surface area contributed by atoms with Gasteiger partial charge in [-0.3, -0.25) is 14.6 Å². The van der Waals surface area contributed by atoms with Crippen LogP contribution in [0.15, 0.2) is 0 Å². The SMILES string of the molecule is Cl.O=C(CN1CCN(C2CCNC2)CC1)N1CCCC2CCCCC21. The van der Waals surface area contributed by atoms with E-state index in [0.29, 0.717) is 18.5 Å². The second-order valence-corrected chi connectivity index (χ2v) is 8.30. The zero-order valence-electron chi connectivity index (χ0n) is 15.5. The third kappa shape index (κ3) is 4.49. The van der Waals surface area contributed by atoms with Crippen LogP contribution in [0.3, 0.4) is 0 Å². The van der Waals surface area contributed by atoms with Gasteiger partial charge >= 0.3 is 0 Å². The van der Waals surface area contributed by atoms with Crippen LogP contribution in [0.1, 0.15) is 44.9 Å². The van der Waals surface area contributed by atoms with Gasteiger partial charge in [-0.1, -0.05) is 12.8 Å². The fraction of sp³-hybridized carbons (Fsp3) is 0.947. The molecule has 4 fully saturated rings. The maximum Gasteiger partial charge on any atom is 0.237 e. The zero-order valence-corrected chi connectivity index (χ0v) is 16.3. The van der Waals surface area contributed by atoms with Crippen molar-refractivity contribution < 1.29 is 4.79 Å². The number of nitrogens with zero attached hydrogens (tertiary/aromatic N) is 3. The Morgan fingerprint density at radius 3 is 2.44 bits per heavy atom. The topological polar surface area (TPSA) is 38.8 Å². The molecule has 1 N–H and O–H groups in total. The lowest BCUT2D eigenvalue weighted by Gasteiger charge is -2.45. The Kier molecular flexibility index (Phi) is 7.01. The maximum absolute atomic E-state index is 12.9. The number of likely N-dealkylation sites (tertiary alicyclic amines) is 1. The lowest BCUT2D eigenvalue weighted by Crippen LogP contribution is -2.56. The molecule has 1 amide bonds. The normalized spacial score (nSPS) is 34.4. The number of nitrogens with one attached hydrogen (secondary N) is 1. The summed E-state index contributed by atoms with van der Waals surface area (Å²) < 4.78 is 0. The molecule has 3 saturated heterocycles. The van der Waals surface area contributed by atoms with Crippen molar-refractivity contribution in [2.75, 3.05) is 52.4 Å². The number of piperazine rings is 1. The molecule has 0 radical (unpaired) electrons. The van der Waals surface area contributed by atoms with Crippen LogP contribution in [-0.2, 0) is 4.79 Å². The van der Waals surface area contributed by atoms with Crippen molar-refractivity contribution in [2.45, 2.75) is 57.0 Å². The molecule has 1 saturated carbocycles. The van der Waals surface area contributed by atoms with E-state index in [0.717, 1.165) is 51.2 Å². The van der Waals surface area contributed by atoms with Gasteiger partial charge in [0, 0.05) is 51.4 Å². The van der Waals surface area contributed by atoms with Crippen molar-refractivity contribution in [2.24, 2.45) is 5.92 Å². The molecule has 4 aliphatic rings. The highest BCUT2D eigenvalue weighted by Crippen LogP contribution is 2.35. The number of hydrogen-bond acceptors (Lipinski definition) is 4. The van der Waals surface area contributed by atoms with Crippen molar-refractivity contribution in [3.63, 3.8) is 0 Å². The molecule has 3 heterocycles. The molecule has 0 aromatic rings. The standard InChI is InChI=1S/C19H34N4O.ClH/c24-19(23-9-3-5-16-4-1-2-6-18(16)23)15-21-10-12-22(13-11-21)17-7-8-20-14-17;/h16-18,20H,1-15H2;1H. The first-order valence-electron chi connectivity index (χ1n) is 10.3. The maximum atomic E-state index is 12.9. The molecule has 3 unspecified atom stereocenters.